The van der Waals surface area contributed by atoms with Crippen molar-refractivity contribution in [3.05, 3.63) is 0 Å². The predicted octanol–water partition coefficient (Wildman–Crippen LogP) is 1.04. The van der Waals surface area contributed by atoms with Gasteiger partial charge >= 0.3 is 0 Å². The van der Waals surface area contributed by atoms with Crippen molar-refractivity contribution < 1.29 is 4.79 Å². The fourth-order valence-electron chi connectivity index (χ4n) is 3.56. The number of carbonyl (C=O) groups is 1. The molecule has 0 heterocycles. The van der Waals surface area contributed by atoms with E-state index in [1.54, 1.807) is 0 Å². The second kappa shape index (κ2) is 8.71. The molecule has 2 unspecified atom stereocenters. The number of rotatable bonds is 9. The van der Waals surface area contributed by atoms with Gasteiger partial charge in [-0.3, -0.25) is 4.79 Å². The molecule has 1 saturated carbocycles. The van der Waals surface area contributed by atoms with E-state index in [9.17, 15) is 4.79 Å². The van der Waals surface area contributed by atoms with Gasteiger partial charge in [0.15, 0.2) is 0 Å². The molecule has 2 atom stereocenters. The van der Waals surface area contributed by atoms with E-state index in [4.69, 9.17) is 5.73 Å². The number of primary amides is 1. The molecule has 0 aromatic carbocycles. The van der Waals surface area contributed by atoms with Crippen LogP contribution in [0.1, 0.15) is 46.0 Å². The van der Waals surface area contributed by atoms with Crippen molar-refractivity contribution in [2.24, 2.45) is 5.73 Å². The zero-order chi connectivity index (χ0) is 15.9. The Morgan fingerprint density at radius 2 is 2.05 bits per heavy atom. The summed E-state index contributed by atoms with van der Waals surface area (Å²) >= 11 is 0. The summed E-state index contributed by atoms with van der Waals surface area (Å²) in [6.07, 6.45) is 5.15. The molecular weight excluding hydrogens is 264 g/mol. The van der Waals surface area contributed by atoms with Gasteiger partial charge in [-0.1, -0.05) is 13.8 Å². The third-order valence-corrected chi connectivity index (χ3v) is 4.69. The number of hydrogen-bond acceptors (Lipinski definition) is 4. The number of hydrogen-bond donors (Lipinski definition) is 2. The molecule has 0 aromatic rings. The number of likely N-dealkylation sites (N-methyl/N-ethyl adjacent to an activating group) is 1. The Hall–Kier alpha value is -0.650. The highest BCUT2D eigenvalue weighted by Gasteiger charge is 2.41. The van der Waals surface area contributed by atoms with Gasteiger partial charge in [0.1, 0.15) is 0 Å². The fraction of sp³-hybridized carbons (Fsp3) is 0.938. The van der Waals surface area contributed by atoms with Gasteiger partial charge in [-0.15, -0.1) is 0 Å². The number of nitrogens with two attached hydrogens (primary N) is 1. The lowest BCUT2D eigenvalue weighted by molar-refractivity contribution is -0.126. The molecule has 0 aliphatic heterocycles. The van der Waals surface area contributed by atoms with Gasteiger partial charge < -0.3 is 20.9 Å². The highest BCUT2D eigenvalue weighted by atomic mass is 16.1. The molecule has 1 fully saturated rings. The van der Waals surface area contributed by atoms with E-state index < -0.39 is 5.54 Å². The Morgan fingerprint density at radius 3 is 2.57 bits per heavy atom. The zero-order valence-corrected chi connectivity index (χ0v) is 14.3. The van der Waals surface area contributed by atoms with Crippen molar-refractivity contribution in [2.45, 2.75) is 57.5 Å². The van der Waals surface area contributed by atoms with Crippen LogP contribution >= 0.6 is 0 Å². The molecule has 0 bridgehead atoms. The summed E-state index contributed by atoms with van der Waals surface area (Å²) in [7, 11) is 4.22. The summed E-state index contributed by atoms with van der Waals surface area (Å²) in [5.41, 5.74) is 5.21. The minimum Gasteiger partial charge on any atom is -0.368 e. The quantitative estimate of drug-likeness (QED) is 0.667. The number of nitrogens with zero attached hydrogens (tertiary/aromatic N) is 2. The topological polar surface area (TPSA) is 61.6 Å². The van der Waals surface area contributed by atoms with Crippen molar-refractivity contribution in [1.29, 1.82) is 0 Å². The molecule has 0 aromatic heterocycles. The first-order valence-corrected chi connectivity index (χ1v) is 8.39. The summed E-state index contributed by atoms with van der Waals surface area (Å²) in [6, 6.07) is 0.470. The lowest BCUT2D eigenvalue weighted by atomic mass is 9.77. The second-order valence-electron chi connectivity index (χ2n) is 6.51. The van der Waals surface area contributed by atoms with Crippen molar-refractivity contribution >= 4 is 5.91 Å². The van der Waals surface area contributed by atoms with Gasteiger partial charge in [-0.2, -0.15) is 0 Å². The molecule has 3 N–H and O–H groups in total. The lowest BCUT2D eigenvalue weighted by Crippen LogP contribution is -2.60. The van der Waals surface area contributed by atoms with Gasteiger partial charge in [-0.05, 0) is 72.4 Å². The van der Waals surface area contributed by atoms with Crippen LogP contribution < -0.4 is 11.1 Å². The van der Waals surface area contributed by atoms with E-state index in [1.807, 2.05) is 6.92 Å². The van der Waals surface area contributed by atoms with Crippen molar-refractivity contribution in [3.8, 4) is 0 Å². The van der Waals surface area contributed by atoms with Gasteiger partial charge in [0.25, 0.3) is 0 Å². The molecule has 21 heavy (non-hydrogen) atoms. The van der Waals surface area contributed by atoms with Crippen molar-refractivity contribution in [1.82, 2.24) is 15.1 Å². The molecular formula is C16H34N4O. The average molecular weight is 298 g/mol. The van der Waals surface area contributed by atoms with E-state index in [2.05, 4.69) is 36.1 Å². The summed E-state index contributed by atoms with van der Waals surface area (Å²) < 4.78 is 0. The SMILES string of the molecule is CCNC1(C(N)=O)CCCC(N(CC)CCCN(C)C)C1. The van der Waals surface area contributed by atoms with Crippen molar-refractivity contribution in [3.63, 3.8) is 0 Å². The molecule has 0 radical (unpaired) electrons. The van der Waals surface area contributed by atoms with Crippen LogP contribution in [-0.4, -0.2) is 67.6 Å². The van der Waals surface area contributed by atoms with Gasteiger partial charge in [0.2, 0.25) is 5.91 Å². The summed E-state index contributed by atoms with van der Waals surface area (Å²) in [5.74, 6) is -0.182. The highest BCUT2D eigenvalue weighted by molar-refractivity contribution is 5.84. The van der Waals surface area contributed by atoms with Gasteiger partial charge in [0.05, 0.1) is 5.54 Å². The average Bonchev–Trinajstić information content (AvgIpc) is 2.43. The standard InChI is InChI=1S/C16H34N4O/c1-5-18-16(15(17)21)10-7-9-14(13-16)20(6-2)12-8-11-19(3)4/h14,18H,5-13H2,1-4H3,(H2,17,21). The lowest BCUT2D eigenvalue weighted by Gasteiger charge is -2.43. The summed E-state index contributed by atoms with van der Waals surface area (Å²) in [5, 5.41) is 3.37. The van der Waals surface area contributed by atoms with Crippen LogP contribution in [-0.2, 0) is 4.79 Å². The first-order valence-electron chi connectivity index (χ1n) is 8.39. The van der Waals surface area contributed by atoms with E-state index in [0.717, 1.165) is 45.4 Å². The van der Waals surface area contributed by atoms with Crippen LogP contribution in [0.5, 0.6) is 0 Å². The molecule has 5 heteroatoms. The molecule has 0 spiro atoms. The molecule has 5 nitrogen and oxygen atoms in total. The Labute approximate surface area is 130 Å². The Morgan fingerprint density at radius 1 is 1.33 bits per heavy atom. The smallest absolute Gasteiger partial charge is 0.237 e. The Bertz CT molecular complexity index is 317. The number of amides is 1. The minimum atomic E-state index is -0.493. The highest BCUT2D eigenvalue weighted by Crippen LogP contribution is 2.31. The summed E-state index contributed by atoms with van der Waals surface area (Å²) in [6.45, 7) is 8.30. The summed E-state index contributed by atoms with van der Waals surface area (Å²) in [4.78, 5) is 16.7. The largest absolute Gasteiger partial charge is 0.368 e. The molecule has 0 saturated heterocycles. The Balaban J connectivity index is 2.65. The van der Waals surface area contributed by atoms with E-state index in [0.29, 0.717) is 6.04 Å². The van der Waals surface area contributed by atoms with Crippen LogP contribution in [0.4, 0.5) is 0 Å². The fourth-order valence-corrected chi connectivity index (χ4v) is 3.56. The van der Waals surface area contributed by atoms with Crippen LogP contribution in [0.25, 0.3) is 0 Å². The van der Waals surface area contributed by atoms with Crippen molar-refractivity contribution in [2.75, 3.05) is 40.3 Å². The van der Waals surface area contributed by atoms with E-state index >= 15 is 0 Å². The van der Waals surface area contributed by atoms with Crippen LogP contribution in [0.3, 0.4) is 0 Å². The second-order valence-corrected chi connectivity index (χ2v) is 6.51. The van der Waals surface area contributed by atoms with Gasteiger partial charge in [0, 0.05) is 6.04 Å². The maximum absolute atomic E-state index is 12.0. The molecule has 124 valence electrons. The maximum atomic E-state index is 12.0. The molecule has 1 amide bonds. The first-order chi connectivity index (χ1) is 9.95. The maximum Gasteiger partial charge on any atom is 0.237 e. The van der Waals surface area contributed by atoms with E-state index in [-0.39, 0.29) is 5.91 Å². The normalized spacial score (nSPS) is 26.5. The zero-order valence-electron chi connectivity index (χ0n) is 14.3. The number of carbonyl (C=O) groups excluding carboxylic acids is 1. The molecule has 1 aliphatic rings. The minimum absolute atomic E-state index is 0.182. The first kappa shape index (κ1) is 18.4. The Kier molecular flexibility index (Phi) is 7.63. The predicted molar refractivity (Wildman–Crippen MR) is 88.3 cm³/mol. The van der Waals surface area contributed by atoms with E-state index in [1.165, 1.54) is 12.8 Å². The van der Waals surface area contributed by atoms with Crippen LogP contribution in [0.2, 0.25) is 0 Å². The van der Waals surface area contributed by atoms with Crippen LogP contribution in [0.15, 0.2) is 0 Å². The number of nitrogens with one attached hydrogen (secondary N) is 1. The van der Waals surface area contributed by atoms with Crippen LogP contribution in [0, 0.1) is 0 Å². The third kappa shape index (κ3) is 5.24. The van der Waals surface area contributed by atoms with Gasteiger partial charge in [-0.25, -0.2) is 0 Å². The monoisotopic (exact) mass is 298 g/mol. The third-order valence-electron chi connectivity index (χ3n) is 4.69. The molecule has 1 rings (SSSR count). The molecule has 1 aliphatic carbocycles.